The monoisotopic (exact) mass is 406 g/mol. The Hall–Kier alpha value is -2.65. The Labute approximate surface area is 161 Å². The van der Waals surface area contributed by atoms with Crippen LogP contribution in [0.1, 0.15) is 24.6 Å². The van der Waals surface area contributed by atoms with Crippen molar-refractivity contribution in [1.29, 1.82) is 0 Å². The quantitative estimate of drug-likeness (QED) is 0.645. The van der Waals surface area contributed by atoms with Crippen molar-refractivity contribution in [2.24, 2.45) is 0 Å². The molecule has 0 aliphatic carbocycles. The first kappa shape index (κ1) is 18.7. The van der Waals surface area contributed by atoms with Gasteiger partial charge >= 0.3 is 0 Å². The zero-order valence-corrected chi connectivity index (χ0v) is 16.2. The van der Waals surface area contributed by atoms with Gasteiger partial charge in [-0.15, -0.1) is 0 Å². The molecule has 0 N–H and O–H groups in total. The van der Waals surface area contributed by atoms with Crippen molar-refractivity contribution >= 4 is 21.0 Å². The molecule has 2 heterocycles. The maximum Gasteiger partial charge on any atom is 0.243 e. The molecule has 9 heteroatoms. The molecule has 0 spiro atoms. The van der Waals surface area contributed by atoms with Gasteiger partial charge in [-0.25, -0.2) is 12.8 Å². The minimum absolute atomic E-state index is 0.0489. The van der Waals surface area contributed by atoms with Crippen LogP contribution in [0.15, 0.2) is 45.8 Å². The summed E-state index contributed by atoms with van der Waals surface area (Å²) >= 11 is 0. The molecule has 1 fully saturated rings. The third-order valence-electron chi connectivity index (χ3n) is 4.94. The summed E-state index contributed by atoms with van der Waals surface area (Å²) in [7, 11) is -0.750. The van der Waals surface area contributed by atoms with E-state index in [0.717, 1.165) is 12.1 Å². The molecule has 1 saturated heterocycles. The van der Waals surface area contributed by atoms with Crippen LogP contribution in [0, 0.1) is 5.82 Å². The number of nitrogens with zero attached hydrogens (tertiary/aromatic N) is 2. The number of benzene rings is 2. The molecule has 0 bridgehead atoms. The fourth-order valence-corrected chi connectivity index (χ4v) is 5.23. The van der Waals surface area contributed by atoms with E-state index in [1.165, 1.54) is 30.7 Å². The predicted molar refractivity (Wildman–Crippen MR) is 99.4 cm³/mol. The van der Waals surface area contributed by atoms with E-state index in [0.29, 0.717) is 47.5 Å². The van der Waals surface area contributed by atoms with Crippen LogP contribution in [-0.2, 0) is 10.0 Å². The van der Waals surface area contributed by atoms with E-state index in [4.69, 9.17) is 14.0 Å². The number of methoxy groups -OCH3 is 2. The van der Waals surface area contributed by atoms with Crippen LogP contribution in [0.25, 0.3) is 11.0 Å². The number of aromatic nitrogens is 1. The standard InChI is InChI=1S/C19H19FN2O5S/c1-25-17-10-14-16(11-18(17)26-2)27-21-19(14)15-4-3-9-22(15)28(23,24)13-7-5-12(20)6-8-13/h5-8,10-11,15H,3-4,9H2,1-2H3/t15-/m1/s1. The lowest BCUT2D eigenvalue weighted by atomic mass is 10.1. The minimum atomic E-state index is -3.80. The van der Waals surface area contributed by atoms with E-state index in [2.05, 4.69) is 5.16 Å². The van der Waals surface area contributed by atoms with Crippen molar-refractivity contribution in [3.63, 3.8) is 0 Å². The summed E-state index contributed by atoms with van der Waals surface area (Å²) in [5, 5.41) is 4.82. The molecule has 3 aromatic rings. The third-order valence-corrected chi connectivity index (χ3v) is 6.87. The summed E-state index contributed by atoms with van der Waals surface area (Å²) in [5.74, 6) is 0.519. The summed E-state index contributed by atoms with van der Waals surface area (Å²) < 4.78 is 56.9. The van der Waals surface area contributed by atoms with Crippen LogP contribution >= 0.6 is 0 Å². The van der Waals surface area contributed by atoms with Gasteiger partial charge in [0.25, 0.3) is 0 Å². The molecule has 7 nitrogen and oxygen atoms in total. The second kappa shape index (κ2) is 7.06. The fraction of sp³-hybridized carbons (Fsp3) is 0.316. The van der Waals surface area contributed by atoms with Gasteiger partial charge in [0.2, 0.25) is 10.0 Å². The molecule has 2 aromatic carbocycles. The van der Waals surface area contributed by atoms with Crippen molar-refractivity contribution in [2.75, 3.05) is 20.8 Å². The first-order chi connectivity index (χ1) is 13.5. The largest absolute Gasteiger partial charge is 0.493 e. The van der Waals surface area contributed by atoms with E-state index in [1.807, 2.05) is 0 Å². The molecular formula is C19H19FN2O5S. The number of fused-ring (bicyclic) bond motifs is 1. The van der Waals surface area contributed by atoms with E-state index < -0.39 is 21.9 Å². The first-order valence-corrected chi connectivity index (χ1v) is 10.2. The van der Waals surface area contributed by atoms with E-state index in [9.17, 15) is 12.8 Å². The van der Waals surface area contributed by atoms with Crippen molar-refractivity contribution in [3.05, 3.63) is 47.9 Å². The van der Waals surface area contributed by atoms with Gasteiger partial charge in [0, 0.05) is 12.6 Å². The molecule has 1 aliphatic heterocycles. The highest BCUT2D eigenvalue weighted by atomic mass is 32.2. The van der Waals surface area contributed by atoms with Crippen LogP contribution in [0.2, 0.25) is 0 Å². The second-order valence-corrected chi connectivity index (χ2v) is 8.39. The van der Waals surface area contributed by atoms with Gasteiger partial charge in [0.1, 0.15) is 11.5 Å². The highest BCUT2D eigenvalue weighted by Crippen LogP contribution is 2.41. The molecule has 0 unspecified atom stereocenters. The molecule has 1 aliphatic rings. The first-order valence-electron chi connectivity index (χ1n) is 8.74. The average molecular weight is 406 g/mol. The second-order valence-electron chi connectivity index (χ2n) is 6.50. The van der Waals surface area contributed by atoms with Crippen molar-refractivity contribution in [2.45, 2.75) is 23.8 Å². The Morgan fingerprint density at radius 3 is 2.50 bits per heavy atom. The van der Waals surface area contributed by atoms with Gasteiger partial charge in [-0.1, -0.05) is 5.16 Å². The summed E-state index contributed by atoms with van der Waals surface area (Å²) in [5.41, 5.74) is 1.01. The number of ether oxygens (including phenoxy) is 2. The molecule has 1 aromatic heterocycles. The van der Waals surface area contributed by atoms with E-state index in [-0.39, 0.29) is 4.90 Å². The lowest BCUT2D eigenvalue weighted by Crippen LogP contribution is -2.31. The normalized spacial score (nSPS) is 17.9. The molecular weight excluding hydrogens is 387 g/mol. The van der Waals surface area contributed by atoms with Gasteiger partial charge in [-0.2, -0.15) is 4.31 Å². The molecule has 148 valence electrons. The molecule has 4 rings (SSSR count). The van der Waals surface area contributed by atoms with E-state index in [1.54, 1.807) is 12.1 Å². The fourth-order valence-electron chi connectivity index (χ4n) is 3.57. The molecule has 0 amide bonds. The SMILES string of the molecule is COc1cc2onc([C@H]3CCCN3S(=O)(=O)c3ccc(F)cc3)c2cc1OC. The van der Waals surface area contributed by atoms with Crippen LogP contribution in [0.3, 0.4) is 0 Å². The smallest absolute Gasteiger partial charge is 0.243 e. The number of rotatable bonds is 5. The summed E-state index contributed by atoms with van der Waals surface area (Å²) in [6.45, 7) is 0.353. The number of sulfonamides is 1. The van der Waals surface area contributed by atoms with Crippen molar-refractivity contribution < 1.29 is 26.8 Å². The van der Waals surface area contributed by atoms with E-state index >= 15 is 0 Å². The number of halogens is 1. The Bertz CT molecular complexity index is 1110. The Morgan fingerprint density at radius 2 is 1.82 bits per heavy atom. The van der Waals surface area contributed by atoms with Gasteiger partial charge in [-0.05, 0) is 43.2 Å². The molecule has 28 heavy (non-hydrogen) atoms. The lowest BCUT2D eigenvalue weighted by Gasteiger charge is -2.22. The van der Waals surface area contributed by atoms with Crippen molar-refractivity contribution in [1.82, 2.24) is 9.46 Å². The number of hydrogen-bond donors (Lipinski definition) is 0. The van der Waals surface area contributed by atoms with Crippen LogP contribution in [0.4, 0.5) is 4.39 Å². The maximum absolute atomic E-state index is 13.2. The highest BCUT2D eigenvalue weighted by Gasteiger charge is 2.39. The molecule has 0 radical (unpaired) electrons. The predicted octanol–water partition coefficient (Wildman–Crippen LogP) is 3.51. The molecule has 0 saturated carbocycles. The zero-order valence-electron chi connectivity index (χ0n) is 15.4. The van der Waals surface area contributed by atoms with Crippen molar-refractivity contribution in [3.8, 4) is 11.5 Å². The van der Waals surface area contributed by atoms with Crippen LogP contribution in [0.5, 0.6) is 11.5 Å². The molecule has 1 atom stereocenters. The highest BCUT2D eigenvalue weighted by molar-refractivity contribution is 7.89. The Kier molecular flexibility index (Phi) is 4.72. The zero-order chi connectivity index (χ0) is 19.9. The van der Waals surface area contributed by atoms with Gasteiger partial charge in [-0.3, -0.25) is 0 Å². The van der Waals surface area contributed by atoms with Crippen LogP contribution in [-0.4, -0.2) is 38.6 Å². The Balaban J connectivity index is 1.77. The number of hydrogen-bond acceptors (Lipinski definition) is 6. The lowest BCUT2D eigenvalue weighted by molar-refractivity contribution is 0.354. The summed E-state index contributed by atoms with van der Waals surface area (Å²) in [6, 6.07) is 7.75. The summed E-state index contributed by atoms with van der Waals surface area (Å²) in [6.07, 6.45) is 1.29. The third kappa shape index (κ3) is 3.00. The minimum Gasteiger partial charge on any atom is -0.493 e. The van der Waals surface area contributed by atoms with Gasteiger partial charge < -0.3 is 14.0 Å². The van der Waals surface area contributed by atoms with Gasteiger partial charge in [0.15, 0.2) is 17.1 Å². The maximum atomic E-state index is 13.2. The van der Waals surface area contributed by atoms with Gasteiger partial charge in [0.05, 0.1) is 30.5 Å². The summed E-state index contributed by atoms with van der Waals surface area (Å²) in [4.78, 5) is 0.0489. The Morgan fingerprint density at radius 1 is 1.14 bits per heavy atom. The van der Waals surface area contributed by atoms with Crippen LogP contribution < -0.4 is 9.47 Å². The average Bonchev–Trinajstić information content (AvgIpc) is 3.33. The topological polar surface area (TPSA) is 81.9 Å².